The van der Waals surface area contributed by atoms with E-state index in [1.807, 2.05) is 12.1 Å². The molecule has 0 radical (unpaired) electrons. The maximum absolute atomic E-state index is 12.5. The summed E-state index contributed by atoms with van der Waals surface area (Å²) in [7, 11) is 3.07. The monoisotopic (exact) mass is 353 g/mol. The highest BCUT2D eigenvalue weighted by Gasteiger charge is 2.11. The minimum atomic E-state index is -0.268. The molecule has 2 aromatic carbocycles. The van der Waals surface area contributed by atoms with Crippen molar-refractivity contribution in [3.8, 4) is 22.8 Å². The average Bonchev–Trinajstić information content (AvgIpc) is 3.17. The summed E-state index contributed by atoms with van der Waals surface area (Å²) in [5.41, 5.74) is 1.93. The molecule has 1 aromatic heterocycles. The fourth-order valence-corrected chi connectivity index (χ4v) is 2.48. The van der Waals surface area contributed by atoms with Gasteiger partial charge in [0.05, 0.1) is 14.2 Å². The fraction of sp³-hybridized carbons (Fsp3) is 0.150. The van der Waals surface area contributed by atoms with E-state index in [0.717, 1.165) is 5.56 Å². The number of benzene rings is 2. The SMILES string of the molecule is COc1cc(OC)cc(C(=O)Nc2ccc(-c3ccc(CO)o3)cc2)c1. The standard InChI is InChI=1S/C20H19NO5/c1-24-17-9-14(10-18(11-17)25-2)20(23)21-15-5-3-13(4-6-15)19-8-7-16(12-22)26-19/h3-11,22H,12H2,1-2H3,(H,21,23). The largest absolute Gasteiger partial charge is 0.497 e. The fourth-order valence-electron chi connectivity index (χ4n) is 2.48. The van der Waals surface area contributed by atoms with Crippen LogP contribution < -0.4 is 14.8 Å². The molecule has 2 N–H and O–H groups in total. The number of hydrogen-bond donors (Lipinski definition) is 2. The van der Waals surface area contributed by atoms with Gasteiger partial charge >= 0.3 is 0 Å². The van der Waals surface area contributed by atoms with Crippen LogP contribution in [0.1, 0.15) is 16.1 Å². The van der Waals surface area contributed by atoms with Crippen LogP contribution >= 0.6 is 0 Å². The highest BCUT2D eigenvalue weighted by molar-refractivity contribution is 6.04. The molecule has 0 saturated heterocycles. The first kappa shape index (κ1) is 17.6. The van der Waals surface area contributed by atoms with Crippen molar-refractivity contribution in [1.29, 1.82) is 0 Å². The Labute approximate surface area is 151 Å². The minimum absolute atomic E-state index is 0.141. The van der Waals surface area contributed by atoms with Crippen molar-refractivity contribution < 1.29 is 23.8 Å². The number of amides is 1. The van der Waals surface area contributed by atoms with Crippen molar-refractivity contribution in [2.24, 2.45) is 0 Å². The van der Waals surface area contributed by atoms with Crippen molar-refractivity contribution >= 4 is 11.6 Å². The number of carbonyl (C=O) groups excluding carboxylic acids is 1. The number of hydrogen-bond acceptors (Lipinski definition) is 5. The van der Waals surface area contributed by atoms with Crippen LogP contribution in [0, 0.1) is 0 Å². The molecule has 26 heavy (non-hydrogen) atoms. The smallest absolute Gasteiger partial charge is 0.255 e. The average molecular weight is 353 g/mol. The molecular weight excluding hydrogens is 334 g/mol. The Morgan fingerprint density at radius 2 is 1.65 bits per heavy atom. The molecule has 0 unspecified atom stereocenters. The van der Waals surface area contributed by atoms with Gasteiger partial charge in [-0.15, -0.1) is 0 Å². The van der Waals surface area contributed by atoms with E-state index in [4.69, 9.17) is 19.0 Å². The first-order valence-electron chi connectivity index (χ1n) is 7.97. The molecule has 0 atom stereocenters. The van der Waals surface area contributed by atoms with Crippen LogP contribution in [0.4, 0.5) is 5.69 Å². The molecule has 1 heterocycles. The van der Waals surface area contributed by atoms with Gasteiger partial charge in [0.2, 0.25) is 0 Å². The molecule has 3 rings (SSSR count). The van der Waals surface area contributed by atoms with Gasteiger partial charge in [0.1, 0.15) is 29.6 Å². The molecule has 0 spiro atoms. The molecule has 0 aliphatic heterocycles. The Balaban J connectivity index is 1.75. The summed E-state index contributed by atoms with van der Waals surface area (Å²) in [5, 5.41) is 11.9. The lowest BCUT2D eigenvalue weighted by Gasteiger charge is -2.09. The maximum Gasteiger partial charge on any atom is 0.255 e. The zero-order chi connectivity index (χ0) is 18.5. The van der Waals surface area contributed by atoms with E-state index >= 15 is 0 Å². The lowest BCUT2D eigenvalue weighted by atomic mass is 10.1. The second-order valence-electron chi connectivity index (χ2n) is 5.56. The summed E-state index contributed by atoms with van der Waals surface area (Å²) in [6.07, 6.45) is 0. The predicted octanol–water partition coefficient (Wildman–Crippen LogP) is 3.71. The number of aliphatic hydroxyl groups excluding tert-OH is 1. The van der Waals surface area contributed by atoms with Crippen molar-refractivity contribution in [1.82, 2.24) is 0 Å². The van der Waals surface area contributed by atoms with Crippen LogP contribution in [0.3, 0.4) is 0 Å². The second-order valence-corrected chi connectivity index (χ2v) is 5.56. The van der Waals surface area contributed by atoms with Crippen LogP contribution in [0.25, 0.3) is 11.3 Å². The number of aliphatic hydroxyl groups is 1. The predicted molar refractivity (Wildman–Crippen MR) is 97.6 cm³/mol. The first-order valence-corrected chi connectivity index (χ1v) is 7.97. The van der Waals surface area contributed by atoms with Crippen LogP contribution in [-0.4, -0.2) is 25.2 Å². The quantitative estimate of drug-likeness (QED) is 0.706. The van der Waals surface area contributed by atoms with Crippen molar-refractivity contribution in [3.63, 3.8) is 0 Å². The summed E-state index contributed by atoms with van der Waals surface area (Å²) in [6, 6.07) is 15.7. The van der Waals surface area contributed by atoms with E-state index in [-0.39, 0.29) is 12.5 Å². The van der Waals surface area contributed by atoms with Crippen LogP contribution in [0.2, 0.25) is 0 Å². The zero-order valence-electron chi connectivity index (χ0n) is 14.5. The van der Waals surface area contributed by atoms with Crippen LogP contribution in [0.5, 0.6) is 11.5 Å². The van der Waals surface area contributed by atoms with Crippen LogP contribution in [-0.2, 0) is 6.61 Å². The number of ether oxygens (including phenoxy) is 2. The number of carbonyl (C=O) groups is 1. The second kappa shape index (κ2) is 7.76. The van der Waals surface area contributed by atoms with Crippen molar-refractivity contribution in [2.75, 3.05) is 19.5 Å². The van der Waals surface area contributed by atoms with Gasteiger partial charge < -0.3 is 24.3 Å². The topological polar surface area (TPSA) is 80.9 Å². The third-order valence-electron chi connectivity index (χ3n) is 3.86. The number of furan rings is 1. The molecular formula is C20H19NO5. The Bertz CT molecular complexity index is 877. The van der Waals surface area contributed by atoms with E-state index < -0.39 is 0 Å². The summed E-state index contributed by atoms with van der Waals surface area (Å²) in [5.74, 6) is 1.98. The molecule has 6 nitrogen and oxygen atoms in total. The lowest BCUT2D eigenvalue weighted by Crippen LogP contribution is -2.12. The number of methoxy groups -OCH3 is 2. The van der Waals surface area contributed by atoms with Gasteiger partial charge in [-0.05, 0) is 48.5 Å². The van der Waals surface area contributed by atoms with Crippen LogP contribution in [0.15, 0.2) is 59.0 Å². The summed E-state index contributed by atoms with van der Waals surface area (Å²) in [4.78, 5) is 12.5. The van der Waals surface area contributed by atoms with Gasteiger partial charge in [0, 0.05) is 22.9 Å². The summed E-state index contributed by atoms with van der Waals surface area (Å²) < 4.78 is 15.9. The van der Waals surface area contributed by atoms with Crippen molar-refractivity contribution in [2.45, 2.75) is 6.61 Å². The molecule has 0 fully saturated rings. The first-order chi connectivity index (χ1) is 12.6. The van der Waals surface area contributed by atoms with Gasteiger partial charge in [-0.2, -0.15) is 0 Å². The summed E-state index contributed by atoms with van der Waals surface area (Å²) in [6.45, 7) is -0.141. The zero-order valence-corrected chi connectivity index (χ0v) is 14.5. The maximum atomic E-state index is 12.5. The molecule has 6 heteroatoms. The molecule has 0 saturated carbocycles. The Morgan fingerprint density at radius 1 is 1.00 bits per heavy atom. The number of anilines is 1. The Hall–Kier alpha value is -3.25. The van der Waals surface area contributed by atoms with E-state index in [1.54, 1.807) is 42.5 Å². The van der Waals surface area contributed by atoms with Gasteiger partial charge in [0.25, 0.3) is 5.91 Å². The Morgan fingerprint density at radius 3 is 2.19 bits per heavy atom. The third-order valence-corrected chi connectivity index (χ3v) is 3.86. The molecule has 0 bridgehead atoms. The van der Waals surface area contributed by atoms with E-state index in [1.165, 1.54) is 14.2 Å². The van der Waals surface area contributed by atoms with E-state index in [9.17, 15) is 4.79 Å². The molecule has 0 aliphatic rings. The normalized spacial score (nSPS) is 10.4. The molecule has 0 aliphatic carbocycles. The van der Waals surface area contributed by atoms with Gasteiger partial charge in [0.15, 0.2) is 0 Å². The van der Waals surface area contributed by atoms with Gasteiger partial charge in [-0.25, -0.2) is 0 Å². The van der Waals surface area contributed by atoms with E-state index in [0.29, 0.717) is 34.3 Å². The summed E-state index contributed by atoms with van der Waals surface area (Å²) >= 11 is 0. The number of nitrogens with one attached hydrogen (secondary N) is 1. The molecule has 3 aromatic rings. The Kier molecular flexibility index (Phi) is 5.24. The highest BCUT2D eigenvalue weighted by Crippen LogP contribution is 2.25. The van der Waals surface area contributed by atoms with E-state index in [2.05, 4.69) is 5.32 Å². The minimum Gasteiger partial charge on any atom is -0.497 e. The van der Waals surface area contributed by atoms with Crippen molar-refractivity contribution in [3.05, 3.63) is 65.9 Å². The highest BCUT2D eigenvalue weighted by atomic mass is 16.5. The lowest BCUT2D eigenvalue weighted by molar-refractivity contribution is 0.102. The van der Waals surface area contributed by atoms with Gasteiger partial charge in [-0.1, -0.05) is 0 Å². The molecule has 1 amide bonds. The third kappa shape index (κ3) is 3.87. The number of rotatable bonds is 6. The van der Waals surface area contributed by atoms with Gasteiger partial charge in [-0.3, -0.25) is 4.79 Å². The molecule has 134 valence electrons.